The average Bonchev–Trinajstić information content (AvgIpc) is 2.25. The van der Waals surface area contributed by atoms with E-state index >= 15 is 0 Å². The van der Waals surface area contributed by atoms with Crippen molar-refractivity contribution < 1.29 is 4.79 Å². The lowest BCUT2D eigenvalue weighted by Gasteiger charge is -2.19. The fourth-order valence-corrected chi connectivity index (χ4v) is 2.20. The third kappa shape index (κ3) is 4.43. The van der Waals surface area contributed by atoms with Gasteiger partial charge < -0.3 is 5.73 Å². The lowest BCUT2D eigenvalue weighted by molar-refractivity contribution is -0.117. The molecule has 1 amide bonds. The molecule has 1 atom stereocenters. The summed E-state index contributed by atoms with van der Waals surface area (Å²) in [4.78, 5) is 10.9. The Kier molecular flexibility index (Phi) is 4.63. The number of primary amides is 1. The van der Waals surface area contributed by atoms with Crippen molar-refractivity contribution in [2.45, 2.75) is 44.1 Å². The van der Waals surface area contributed by atoms with E-state index < -0.39 is 0 Å². The smallest absolute Gasteiger partial charge is 0.230 e. The predicted molar refractivity (Wildman–Crippen MR) is 75.1 cm³/mol. The van der Waals surface area contributed by atoms with Gasteiger partial charge in [-0.15, -0.1) is 11.8 Å². The summed E-state index contributed by atoms with van der Waals surface area (Å²) >= 11 is 1.58. The summed E-state index contributed by atoms with van der Waals surface area (Å²) in [5.74, 6) is 0.579. The molecular weight excluding hydrogens is 230 g/mol. The minimum absolute atomic E-state index is 0.128. The van der Waals surface area contributed by atoms with E-state index in [4.69, 9.17) is 5.73 Å². The minimum Gasteiger partial charge on any atom is -0.369 e. The van der Waals surface area contributed by atoms with Crippen molar-refractivity contribution in [1.29, 1.82) is 0 Å². The van der Waals surface area contributed by atoms with Crippen molar-refractivity contribution >= 4 is 17.7 Å². The molecule has 0 aliphatic heterocycles. The van der Waals surface area contributed by atoms with E-state index in [2.05, 4.69) is 45.0 Å². The van der Waals surface area contributed by atoms with Crippen LogP contribution in [-0.2, 0) is 16.0 Å². The topological polar surface area (TPSA) is 43.1 Å². The Morgan fingerprint density at radius 3 is 2.24 bits per heavy atom. The molecule has 1 aromatic rings. The van der Waals surface area contributed by atoms with Crippen LogP contribution < -0.4 is 5.73 Å². The van der Waals surface area contributed by atoms with Crippen molar-refractivity contribution in [2.75, 3.05) is 0 Å². The Hall–Kier alpha value is -0.960. The first-order valence-corrected chi connectivity index (χ1v) is 6.86. The second kappa shape index (κ2) is 5.58. The molecule has 0 spiro atoms. The third-order valence-corrected chi connectivity index (χ3v) is 3.95. The van der Waals surface area contributed by atoms with E-state index in [1.54, 1.807) is 11.8 Å². The zero-order valence-electron chi connectivity index (χ0n) is 11.0. The first-order valence-electron chi connectivity index (χ1n) is 5.81. The van der Waals surface area contributed by atoms with Crippen LogP contribution in [0.2, 0.25) is 0 Å². The molecule has 0 heterocycles. The number of carbonyl (C=O) groups excluding carboxylic acids is 1. The standard InChI is InChI=1S/C14H21NOS/c1-10(13(15)16)17-9-11-5-7-12(8-6-11)14(2,3)4/h5-8,10H,9H2,1-4H3,(H2,15,16). The molecule has 0 aliphatic carbocycles. The normalized spacial score (nSPS) is 13.4. The molecular formula is C14H21NOS. The molecule has 2 nitrogen and oxygen atoms in total. The number of amides is 1. The summed E-state index contributed by atoms with van der Waals surface area (Å²) in [5, 5.41) is -0.128. The van der Waals surface area contributed by atoms with Crippen molar-refractivity contribution in [3.63, 3.8) is 0 Å². The lowest BCUT2D eigenvalue weighted by atomic mass is 9.87. The van der Waals surface area contributed by atoms with Crippen LogP contribution in [0.25, 0.3) is 0 Å². The van der Waals surface area contributed by atoms with E-state index in [1.807, 2.05) is 6.92 Å². The molecule has 0 saturated carbocycles. The lowest BCUT2D eigenvalue weighted by Crippen LogP contribution is -2.22. The number of hydrogen-bond donors (Lipinski definition) is 1. The van der Waals surface area contributed by atoms with Gasteiger partial charge in [0.2, 0.25) is 5.91 Å². The van der Waals surface area contributed by atoms with Gasteiger partial charge in [0.15, 0.2) is 0 Å². The Morgan fingerprint density at radius 2 is 1.82 bits per heavy atom. The zero-order chi connectivity index (χ0) is 13.1. The summed E-state index contributed by atoms with van der Waals surface area (Å²) in [6.45, 7) is 8.44. The average molecular weight is 251 g/mol. The van der Waals surface area contributed by atoms with Crippen LogP contribution in [0.1, 0.15) is 38.8 Å². The van der Waals surface area contributed by atoms with E-state index in [-0.39, 0.29) is 16.6 Å². The summed E-state index contributed by atoms with van der Waals surface area (Å²) in [6.07, 6.45) is 0. The SMILES string of the molecule is CC(SCc1ccc(C(C)(C)C)cc1)C(N)=O. The first-order chi connectivity index (χ1) is 7.80. The van der Waals surface area contributed by atoms with Gasteiger partial charge in [-0.25, -0.2) is 0 Å². The predicted octanol–water partition coefficient (Wildman–Crippen LogP) is 3.09. The van der Waals surface area contributed by atoms with Crippen LogP contribution in [-0.4, -0.2) is 11.2 Å². The van der Waals surface area contributed by atoms with Crippen molar-refractivity contribution in [2.24, 2.45) is 5.73 Å². The van der Waals surface area contributed by atoms with Crippen LogP contribution in [0.4, 0.5) is 0 Å². The number of nitrogens with two attached hydrogens (primary N) is 1. The van der Waals surface area contributed by atoms with Gasteiger partial charge in [0.05, 0.1) is 5.25 Å². The van der Waals surface area contributed by atoms with E-state index in [1.165, 1.54) is 11.1 Å². The quantitative estimate of drug-likeness (QED) is 0.893. The van der Waals surface area contributed by atoms with Gasteiger partial charge in [-0.05, 0) is 23.5 Å². The fourth-order valence-electron chi connectivity index (χ4n) is 1.40. The van der Waals surface area contributed by atoms with E-state index in [9.17, 15) is 4.79 Å². The second-order valence-electron chi connectivity index (χ2n) is 5.30. The van der Waals surface area contributed by atoms with Crippen molar-refractivity contribution in [1.82, 2.24) is 0 Å². The van der Waals surface area contributed by atoms with Crippen LogP contribution in [0, 0.1) is 0 Å². The van der Waals surface area contributed by atoms with Crippen LogP contribution in [0.15, 0.2) is 24.3 Å². The number of carbonyl (C=O) groups is 1. The molecule has 0 aromatic heterocycles. The Bertz CT molecular complexity index is 378. The molecule has 0 radical (unpaired) electrons. The van der Waals surface area contributed by atoms with Crippen LogP contribution in [0.5, 0.6) is 0 Å². The minimum atomic E-state index is -0.249. The summed E-state index contributed by atoms with van der Waals surface area (Å²) in [6, 6.07) is 8.57. The molecule has 0 fully saturated rings. The molecule has 17 heavy (non-hydrogen) atoms. The molecule has 1 rings (SSSR count). The maximum absolute atomic E-state index is 10.9. The number of benzene rings is 1. The molecule has 94 valence electrons. The van der Waals surface area contributed by atoms with Gasteiger partial charge in [-0.1, -0.05) is 45.0 Å². The van der Waals surface area contributed by atoms with Gasteiger partial charge in [0, 0.05) is 5.75 Å². The molecule has 0 aliphatic rings. The highest BCUT2D eigenvalue weighted by molar-refractivity contribution is 7.99. The van der Waals surface area contributed by atoms with Crippen molar-refractivity contribution in [3.8, 4) is 0 Å². The summed E-state index contributed by atoms with van der Waals surface area (Å²) < 4.78 is 0. The van der Waals surface area contributed by atoms with Crippen LogP contribution in [0.3, 0.4) is 0 Å². The summed E-state index contributed by atoms with van der Waals surface area (Å²) in [5.41, 5.74) is 7.97. The number of thioether (sulfide) groups is 1. The van der Waals surface area contributed by atoms with Gasteiger partial charge in [0.25, 0.3) is 0 Å². The maximum Gasteiger partial charge on any atom is 0.230 e. The first kappa shape index (κ1) is 14.1. The molecule has 0 saturated heterocycles. The number of hydrogen-bond acceptors (Lipinski definition) is 2. The van der Waals surface area contributed by atoms with Gasteiger partial charge in [0.1, 0.15) is 0 Å². The van der Waals surface area contributed by atoms with Gasteiger partial charge in [-0.3, -0.25) is 4.79 Å². The molecule has 1 unspecified atom stereocenters. The molecule has 2 N–H and O–H groups in total. The third-order valence-electron chi connectivity index (χ3n) is 2.72. The zero-order valence-corrected chi connectivity index (χ0v) is 11.8. The summed E-state index contributed by atoms with van der Waals surface area (Å²) in [7, 11) is 0. The second-order valence-corrected chi connectivity index (χ2v) is 6.63. The monoisotopic (exact) mass is 251 g/mol. The fraction of sp³-hybridized carbons (Fsp3) is 0.500. The molecule has 1 aromatic carbocycles. The largest absolute Gasteiger partial charge is 0.369 e. The highest BCUT2D eigenvalue weighted by Crippen LogP contribution is 2.24. The van der Waals surface area contributed by atoms with E-state index in [0.717, 1.165) is 5.75 Å². The van der Waals surface area contributed by atoms with Gasteiger partial charge >= 0.3 is 0 Å². The Balaban J connectivity index is 2.60. The highest BCUT2D eigenvalue weighted by atomic mass is 32.2. The molecule has 0 bridgehead atoms. The van der Waals surface area contributed by atoms with E-state index in [0.29, 0.717) is 0 Å². The van der Waals surface area contributed by atoms with Gasteiger partial charge in [-0.2, -0.15) is 0 Å². The highest BCUT2D eigenvalue weighted by Gasteiger charge is 2.13. The van der Waals surface area contributed by atoms with Crippen molar-refractivity contribution in [3.05, 3.63) is 35.4 Å². The maximum atomic E-state index is 10.9. The Labute approximate surface area is 108 Å². The van der Waals surface area contributed by atoms with Crippen LogP contribution >= 0.6 is 11.8 Å². The Morgan fingerprint density at radius 1 is 1.29 bits per heavy atom. The molecule has 3 heteroatoms. The number of rotatable bonds is 4.